The van der Waals surface area contributed by atoms with E-state index < -0.39 is 0 Å². The van der Waals surface area contributed by atoms with Gasteiger partial charge < -0.3 is 9.47 Å². The highest BCUT2D eigenvalue weighted by Gasteiger charge is 2.29. The third-order valence-corrected chi connectivity index (χ3v) is 4.65. The Morgan fingerprint density at radius 2 is 1.53 bits per heavy atom. The van der Waals surface area contributed by atoms with Crippen molar-refractivity contribution in [3.8, 4) is 0 Å². The standard InChI is InChI=1S/C15H28O2/c1-11(2)14-6-4-13(5-7-14)10-12(3)15-16-8-9-17-15/h11-15H,4-10H2,1-3H3. The zero-order chi connectivity index (χ0) is 12.3. The largest absolute Gasteiger partial charge is 0.350 e. The Labute approximate surface area is 106 Å². The van der Waals surface area contributed by atoms with E-state index in [1.165, 1.54) is 32.1 Å². The van der Waals surface area contributed by atoms with Gasteiger partial charge in [0.1, 0.15) is 0 Å². The quantitative estimate of drug-likeness (QED) is 0.743. The summed E-state index contributed by atoms with van der Waals surface area (Å²) in [6.45, 7) is 8.59. The third-order valence-electron chi connectivity index (χ3n) is 4.65. The van der Waals surface area contributed by atoms with Crippen LogP contribution in [0, 0.1) is 23.7 Å². The van der Waals surface area contributed by atoms with Crippen LogP contribution in [0.4, 0.5) is 0 Å². The van der Waals surface area contributed by atoms with E-state index in [9.17, 15) is 0 Å². The highest BCUT2D eigenvalue weighted by molar-refractivity contribution is 4.76. The van der Waals surface area contributed by atoms with Crippen LogP contribution in [-0.4, -0.2) is 19.5 Å². The molecular weight excluding hydrogens is 212 g/mol. The minimum absolute atomic E-state index is 0.0813. The second-order valence-electron chi connectivity index (χ2n) is 6.35. The van der Waals surface area contributed by atoms with Gasteiger partial charge in [0.2, 0.25) is 0 Å². The predicted octanol–water partition coefficient (Wildman–Crippen LogP) is 3.85. The van der Waals surface area contributed by atoms with Crippen LogP contribution < -0.4 is 0 Å². The second-order valence-corrected chi connectivity index (χ2v) is 6.35. The molecule has 0 N–H and O–H groups in total. The van der Waals surface area contributed by atoms with Crippen molar-refractivity contribution in [3.63, 3.8) is 0 Å². The Kier molecular flexibility index (Phi) is 4.87. The first kappa shape index (κ1) is 13.4. The monoisotopic (exact) mass is 240 g/mol. The first-order valence-electron chi connectivity index (χ1n) is 7.40. The summed E-state index contributed by atoms with van der Waals surface area (Å²) in [5.41, 5.74) is 0. The molecule has 0 aromatic carbocycles. The van der Waals surface area contributed by atoms with Crippen LogP contribution in [-0.2, 0) is 9.47 Å². The van der Waals surface area contributed by atoms with Gasteiger partial charge in [-0.05, 0) is 37.0 Å². The fourth-order valence-electron chi connectivity index (χ4n) is 3.43. The molecule has 1 saturated carbocycles. The van der Waals surface area contributed by atoms with Crippen LogP contribution in [0.25, 0.3) is 0 Å². The van der Waals surface area contributed by atoms with Gasteiger partial charge in [-0.15, -0.1) is 0 Å². The van der Waals surface area contributed by atoms with Crippen molar-refractivity contribution in [3.05, 3.63) is 0 Å². The predicted molar refractivity (Wildman–Crippen MR) is 69.8 cm³/mol. The molecule has 0 bridgehead atoms. The van der Waals surface area contributed by atoms with Gasteiger partial charge >= 0.3 is 0 Å². The molecular formula is C15H28O2. The van der Waals surface area contributed by atoms with Crippen molar-refractivity contribution in [1.82, 2.24) is 0 Å². The molecule has 2 heteroatoms. The van der Waals surface area contributed by atoms with E-state index in [4.69, 9.17) is 9.47 Å². The Bertz CT molecular complexity index is 213. The minimum Gasteiger partial charge on any atom is -0.350 e. The van der Waals surface area contributed by atoms with E-state index in [-0.39, 0.29) is 6.29 Å². The van der Waals surface area contributed by atoms with Crippen molar-refractivity contribution >= 4 is 0 Å². The normalized spacial score (nSPS) is 33.2. The second kappa shape index (κ2) is 6.19. The molecule has 1 heterocycles. The summed E-state index contributed by atoms with van der Waals surface area (Å²) < 4.78 is 11.2. The Balaban J connectivity index is 1.70. The lowest BCUT2D eigenvalue weighted by molar-refractivity contribution is -0.0850. The molecule has 0 aromatic rings. The summed E-state index contributed by atoms with van der Waals surface area (Å²) in [7, 11) is 0. The van der Waals surface area contributed by atoms with Crippen LogP contribution in [0.2, 0.25) is 0 Å². The van der Waals surface area contributed by atoms with Gasteiger partial charge in [0.05, 0.1) is 13.2 Å². The highest BCUT2D eigenvalue weighted by Crippen LogP contribution is 2.37. The molecule has 0 radical (unpaired) electrons. The van der Waals surface area contributed by atoms with Crippen molar-refractivity contribution in [1.29, 1.82) is 0 Å². The SMILES string of the molecule is CC(C)C1CCC(CC(C)C2OCCO2)CC1. The van der Waals surface area contributed by atoms with Crippen molar-refractivity contribution in [2.24, 2.45) is 23.7 Å². The maximum absolute atomic E-state index is 5.59. The van der Waals surface area contributed by atoms with Gasteiger partial charge in [0, 0.05) is 5.92 Å². The average molecular weight is 240 g/mol. The smallest absolute Gasteiger partial charge is 0.160 e. The molecule has 2 fully saturated rings. The summed E-state index contributed by atoms with van der Waals surface area (Å²) in [6.07, 6.45) is 7.07. The van der Waals surface area contributed by atoms with Crippen LogP contribution in [0.15, 0.2) is 0 Å². The Morgan fingerprint density at radius 1 is 0.941 bits per heavy atom. The maximum atomic E-state index is 5.59. The van der Waals surface area contributed by atoms with E-state index in [0.717, 1.165) is 31.0 Å². The van der Waals surface area contributed by atoms with Crippen LogP contribution in [0.3, 0.4) is 0 Å². The van der Waals surface area contributed by atoms with Crippen molar-refractivity contribution in [2.75, 3.05) is 13.2 Å². The molecule has 1 aliphatic carbocycles. The molecule has 1 atom stereocenters. The molecule has 0 aromatic heterocycles. The molecule has 1 saturated heterocycles. The van der Waals surface area contributed by atoms with Gasteiger partial charge in [-0.2, -0.15) is 0 Å². The topological polar surface area (TPSA) is 18.5 Å². The van der Waals surface area contributed by atoms with Crippen molar-refractivity contribution in [2.45, 2.75) is 59.2 Å². The number of hydrogen-bond acceptors (Lipinski definition) is 2. The summed E-state index contributed by atoms with van der Waals surface area (Å²) in [6, 6.07) is 0. The van der Waals surface area contributed by atoms with Crippen LogP contribution >= 0.6 is 0 Å². The van der Waals surface area contributed by atoms with Crippen molar-refractivity contribution < 1.29 is 9.47 Å². The van der Waals surface area contributed by atoms with Gasteiger partial charge in [0.25, 0.3) is 0 Å². The minimum atomic E-state index is 0.0813. The van der Waals surface area contributed by atoms with E-state index in [2.05, 4.69) is 20.8 Å². The maximum Gasteiger partial charge on any atom is 0.160 e. The summed E-state index contributed by atoms with van der Waals surface area (Å²) in [5.74, 6) is 3.32. The Hall–Kier alpha value is -0.0800. The van der Waals surface area contributed by atoms with Gasteiger partial charge in [-0.1, -0.05) is 33.6 Å². The average Bonchev–Trinajstić information content (AvgIpc) is 2.83. The molecule has 0 spiro atoms. The van der Waals surface area contributed by atoms with Crippen LogP contribution in [0.5, 0.6) is 0 Å². The van der Waals surface area contributed by atoms with Crippen LogP contribution in [0.1, 0.15) is 52.9 Å². The molecule has 0 amide bonds. The number of rotatable bonds is 4. The fourth-order valence-corrected chi connectivity index (χ4v) is 3.43. The molecule has 1 unspecified atom stereocenters. The lowest BCUT2D eigenvalue weighted by Crippen LogP contribution is -2.25. The molecule has 2 nitrogen and oxygen atoms in total. The number of hydrogen-bond donors (Lipinski definition) is 0. The molecule has 17 heavy (non-hydrogen) atoms. The number of ether oxygens (including phenoxy) is 2. The summed E-state index contributed by atoms with van der Waals surface area (Å²) in [4.78, 5) is 0. The molecule has 100 valence electrons. The highest BCUT2D eigenvalue weighted by atomic mass is 16.7. The van der Waals surface area contributed by atoms with E-state index in [0.29, 0.717) is 5.92 Å². The van der Waals surface area contributed by atoms with E-state index in [1.54, 1.807) is 0 Å². The molecule has 2 aliphatic rings. The Morgan fingerprint density at radius 3 is 2.06 bits per heavy atom. The first-order valence-corrected chi connectivity index (χ1v) is 7.40. The summed E-state index contributed by atoms with van der Waals surface area (Å²) >= 11 is 0. The van der Waals surface area contributed by atoms with Gasteiger partial charge in [0.15, 0.2) is 6.29 Å². The zero-order valence-electron chi connectivity index (χ0n) is 11.7. The fraction of sp³-hybridized carbons (Fsp3) is 1.00. The third kappa shape index (κ3) is 3.69. The van der Waals surface area contributed by atoms with Gasteiger partial charge in [-0.25, -0.2) is 0 Å². The summed E-state index contributed by atoms with van der Waals surface area (Å²) in [5, 5.41) is 0. The van der Waals surface area contributed by atoms with Gasteiger partial charge in [-0.3, -0.25) is 0 Å². The van der Waals surface area contributed by atoms with E-state index in [1.807, 2.05) is 0 Å². The molecule has 2 rings (SSSR count). The first-order chi connectivity index (χ1) is 8.16. The lowest BCUT2D eigenvalue weighted by atomic mass is 9.74. The lowest BCUT2D eigenvalue weighted by Gasteiger charge is -2.32. The van der Waals surface area contributed by atoms with E-state index >= 15 is 0 Å². The zero-order valence-corrected chi connectivity index (χ0v) is 11.7. The molecule has 1 aliphatic heterocycles.